The van der Waals surface area contributed by atoms with E-state index in [1.54, 1.807) is 0 Å². The number of ether oxygens (including phenoxy) is 2. The summed E-state index contributed by atoms with van der Waals surface area (Å²) < 4.78 is 12.5. The monoisotopic (exact) mass is 596 g/mol. The molecule has 0 unspecified atom stereocenters. The highest BCUT2D eigenvalue weighted by molar-refractivity contribution is 14.1. The van der Waals surface area contributed by atoms with Crippen molar-refractivity contribution in [1.82, 2.24) is 0 Å². The smallest absolute Gasteiger partial charge is 0.119 e. The van der Waals surface area contributed by atoms with E-state index in [4.69, 9.17) is 9.47 Å². The van der Waals surface area contributed by atoms with Crippen molar-refractivity contribution in [2.45, 2.75) is 31.5 Å². The van der Waals surface area contributed by atoms with Crippen LogP contribution in [0.15, 0.2) is 48.5 Å². The summed E-state index contributed by atoms with van der Waals surface area (Å²) in [7, 11) is 0. The minimum Gasteiger partial charge on any atom is -0.491 e. The van der Waals surface area contributed by atoms with Gasteiger partial charge in [0.25, 0.3) is 0 Å². The second-order valence-corrected chi connectivity index (χ2v) is 8.67. The molecule has 6 heteroatoms. The van der Waals surface area contributed by atoms with Gasteiger partial charge in [0, 0.05) is 14.3 Å². The molecule has 0 aliphatic carbocycles. The number of hydrogen-bond acceptors (Lipinski definition) is 4. The van der Waals surface area contributed by atoms with Crippen LogP contribution in [0.25, 0.3) is 0 Å². The van der Waals surface area contributed by atoms with Crippen LogP contribution in [0.4, 0.5) is 0 Å². The summed E-state index contributed by atoms with van der Waals surface area (Å²) in [6.45, 7) is 4.97. The Hall–Kier alpha value is -0.580. The minimum absolute atomic E-state index is 0.166. The zero-order valence-corrected chi connectivity index (χ0v) is 19.9. The van der Waals surface area contributed by atoms with Crippen LogP contribution in [0.1, 0.15) is 25.0 Å². The van der Waals surface area contributed by atoms with Gasteiger partial charge in [-0.1, -0.05) is 83.3 Å². The largest absolute Gasteiger partial charge is 0.491 e. The van der Waals surface area contributed by atoms with Crippen molar-refractivity contribution in [3.05, 3.63) is 59.7 Å². The molecule has 0 heterocycles. The maximum atomic E-state index is 9.60. The van der Waals surface area contributed by atoms with E-state index < -0.39 is 12.2 Å². The van der Waals surface area contributed by atoms with Crippen molar-refractivity contribution in [1.29, 1.82) is 0 Å². The Morgan fingerprint density at radius 1 is 0.741 bits per heavy atom. The van der Waals surface area contributed by atoms with Gasteiger partial charge in [-0.3, -0.25) is 0 Å². The number of hydrogen-bond donors (Lipinski definition) is 2. The molecule has 2 rings (SSSR count). The van der Waals surface area contributed by atoms with E-state index in [9.17, 15) is 10.2 Å². The highest BCUT2D eigenvalue weighted by Crippen LogP contribution is 2.33. The molecule has 0 fully saturated rings. The predicted octanol–water partition coefficient (Wildman–Crippen LogP) is 4.36. The van der Waals surface area contributed by atoms with Gasteiger partial charge in [0.15, 0.2) is 0 Å². The Kier molecular flexibility index (Phi) is 9.10. The Balaban J connectivity index is 2.04. The van der Waals surface area contributed by atoms with E-state index in [0.29, 0.717) is 22.1 Å². The molecule has 0 amide bonds. The lowest BCUT2D eigenvalue weighted by molar-refractivity contribution is 0.128. The van der Waals surface area contributed by atoms with Gasteiger partial charge in [-0.25, -0.2) is 0 Å². The number of alkyl halides is 2. The first-order valence-electron chi connectivity index (χ1n) is 8.81. The Bertz CT molecular complexity index is 627. The first kappa shape index (κ1) is 22.7. The van der Waals surface area contributed by atoms with Gasteiger partial charge in [0.1, 0.15) is 24.7 Å². The number of rotatable bonds is 10. The summed E-state index contributed by atoms with van der Waals surface area (Å²) in [6, 6.07) is 16.0. The Morgan fingerprint density at radius 2 is 1.07 bits per heavy atom. The number of halogens is 2. The molecule has 0 saturated heterocycles. The quantitative estimate of drug-likeness (QED) is 0.317. The molecule has 27 heavy (non-hydrogen) atoms. The average Bonchev–Trinajstić information content (AvgIpc) is 2.70. The van der Waals surface area contributed by atoms with Crippen molar-refractivity contribution < 1.29 is 19.7 Å². The number of aliphatic hydroxyl groups is 2. The predicted molar refractivity (Wildman–Crippen MR) is 126 cm³/mol. The zero-order valence-electron chi connectivity index (χ0n) is 15.6. The molecule has 4 nitrogen and oxygen atoms in total. The van der Waals surface area contributed by atoms with E-state index in [2.05, 4.69) is 83.3 Å². The second-order valence-electron chi connectivity index (χ2n) is 6.91. The maximum Gasteiger partial charge on any atom is 0.119 e. The highest BCUT2D eigenvalue weighted by Gasteiger charge is 2.23. The molecule has 2 atom stereocenters. The summed E-state index contributed by atoms with van der Waals surface area (Å²) in [5.74, 6) is 1.52. The fourth-order valence-corrected chi connectivity index (χ4v) is 3.08. The number of aliphatic hydroxyl groups excluding tert-OH is 2. The fourth-order valence-electron chi connectivity index (χ4n) is 2.58. The van der Waals surface area contributed by atoms with Crippen LogP contribution >= 0.6 is 45.2 Å². The first-order chi connectivity index (χ1) is 12.9. The molecular weight excluding hydrogens is 570 g/mol. The fraction of sp³-hybridized carbons (Fsp3) is 0.429. The van der Waals surface area contributed by atoms with Gasteiger partial charge in [-0.15, -0.1) is 0 Å². The Labute approximate surface area is 188 Å². The van der Waals surface area contributed by atoms with Crippen LogP contribution in [-0.2, 0) is 5.41 Å². The van der Waals surface area contributed by atoms with Gasteiger partial charge < -0.3 is 19.7 Å². The highest BCUT2D eigenvalue weighted by atomic mass is 127. The van der Waals surface area contributed by atoms with Crippen molar-refractivity contribution in [3.63, 3.8) is 0 Å². The average molecular weight is 596 g/mol. The molecule has 0 radical (unpaired) electrons. The lowest BCUT2D eigenvalue weighted by Gasteiger charge is -2.26. The van der Waals surface area contributed by atoms with Crippen molar-refractivity contribution in [3.8, 4) is 11.5 Å². The van der Waals surface area contributed by atoms with Crippen LogP contribution in [0.3, 0.4) is 0 Å². The first-order valence-corrected chi connectivity index (χ1v) is 11.9. The summed E-state index contributed by atoms with van der Waals surface area (Å²) in [6.07, 6.45) is -0.888. The van der Waals surface area contributed by atoms with Crippen molar-refractivity contribution in [2.24, 2.45) is 0 Å². The van der Waals surface area contributed by atoms with E-state index in [1.807, 2.05) is 24.3 Å². The molecule has 0 saturated carbocycles. The van der Waals surface area contributed by atoms with Crippen LogP contribution in [0, 0.1) is 0 Å². The topological polar surface area (TPSA) is 58.9 Å². The van der Waals surface area contributed by atoms with Gasteiger partial charge in [0.2, 0.25) is 0 Å². The van der Waals surface area contributed by atoms with Gasteiger partial charge >= 0.3 is 0 Å². The van der Waals surface area contributed by atoms with Crippen LogP contribution < -0.4 is 9.47 Å². The second kappa shape index (κ2) is 10.8. The molecule has 2 N–H and O–H groups in total. The lowest BCUT2D eigenvalue weighted by atomic mass is 9.78. The SMILES string of the molecule is CC(C)(c1ccc(OC[C@H](O)CI)cc1)c1ccc(OC[C@@H](O)CI)cc1. The summed E-state index contributed by atoms with van der Waals surface area (Å²) in [5, 5.41) is 19.2. The third kappa shape index (κ3) is 6.76. The maximum absolute atomic E-state index is 9.60. The zero-order chi connectivity index (χ0) is 19.9. The van der Waals surface area contributed by atoms with Gasteiger partial charge in [-0.2, -0.15) is 0 Å². The molecular formula is C21H26I2O4. The summed E-state index contributed by atoms with van der Waals surface area (Å²) >= 11 is 4.28. The normalized spacial score (nSPS) is 13.9. The van der Waals surface area contributed by atoms with Crippen LogP contribution in [-0.4, -0.2) is 44.5 Å². The third-order valence-corrected chi connectivity index (χ3v) is 6.43. The molecule has 0 bridgehead atoms. The third-order valence-electron chi connectivity index (χ3n) is 4.39. The van der Waals surface area contributed by atoms with Crippen LogP contribution in [0.2, 0.25) is 0 Å². The molecule has 2 aromatic carbocycles. The molecule has 0 spiro atoms. The summed E-state index contributed by atoms with van der Waals surface area (Å²) in [5.41, 5.74) is 2.19. The van der Waals surface area contributed by atoms with Gasteiger partial charge in [-0.05, 0) is 35.4 Å². The number of benzene rings is 2. The standard InChI is InChI=1S/C21H26I2O4/c1-21(2,15-3-7-19(8-4-15)26-13-17(24)11-22)16-5-9-20(10-6-16)27-14-18(25)12-23/h3-10,17-18,24-25H,11-14H2,1-2H3/t17-,18+. The molecule has 0 aliphatic rings. The van der Waals surface area contributed by atoms with Gasteiger partial charge in [0.05, 0.1) is 12.2 Å². The van der Waals surface area contributed by atoms with E-state index in [-0.39, 0.29) is 5.41 Å². The van der Waals surface area contributed by atoms with Crippen LogP contribution in [0.5, 0.6) is 11.5 Å². The van der Waals surface area contributed by atoms with E-state index in [1.165, 1.54) is 11.1 Å². The minimum atomic E-state index is -0.444. The molecule has 0 aromatic heterocycles. The molecule has 2 aromatic rings. The lowest BCUT2D eigenvalue weighted by Crippen LogP contribution is -2.20. The molecule has 148 valence electrons. The van der Waals surface area contributed by atoms with Crippen molar-refractivity contribution in [2.75, 3.05) is 22.1 Å². The van der Waals surface area contributed by atoms with E-state index >= 15 is 0 Å². The van der Waals surface area contributed by atoms with E-state index in [0.717, 1.165) is 11.5 Å². The summed E-state index contributed by atoms with van der Waals surface area (Å²) in [4.78, 5) is 0. The Morgan fingerprint density at radius 3 is 1.37 bits per heavy atom. The van der Waals surface area contributed by atoms with Crippen molar-refractivity contribution >= 4 is 45.2 Å². The molecule has 0 aliphatic heterocycles.